The normalized spacial score (nSPS) is 23.5. The monoisotopic (exact) mass is 493 g/mol. The fourth-order valence-electron chi connectivity index (χ4n) is 3.65. The number of benzene rings is 1. The summed E-state index contributed by atoms with van der Waals surface area (Å²) < 4.78 is 27.1. The third kappa shape index (κ3) is 8.06. The summed E-state index contributed by atoms with van der Waals surface area (Å²) in [6, 6.07) is 5.11. The molecule has 1 aromatic rings. The third-order valence-electron chi connectivity index (χ3n) is 5.19. The standard InChI is InChI=1S/C24H31NO10/c1-6-9-20(29)25-21-22(33-15(4)27)13(2)19(35-24(21)34-16(5)28)12-31-23(30)17-10-7-8-11-18(17)32-14(3)26/h7-8,10-11,13,19,21-22,24H,6,9,12H2,1-5H3,(H,25,29)/t13-,19-,21-,22+,24+/m1/s1. The fraction of sp³-hybridized carbons (Fsp3) is 0.542. The molecule has 2 rings (SSSR count). The van der Waals surface area contributed by atoms with Gasteiger partial charge in [-0.15, -0.1) is 0 Å². The van der Waals surface area contributed by atoms with Crippen LogP contribution in [0.4, 0.5) is 0 Å². The highest BCUT2D eigenvalue weighted by molar-refractivity contribution is 5.93. The van der Waals surface area contributed by atoms with Crippen molar-refractivity contribution in [1.29, 1.82) is 0 Å². The van der Waals surface area contributed by atoms with E-state index in [2.05, 4.69) is 5.32 Å². The van der Waals surface area contributed by atoms with Gasteiger partial charge in [-0.1, -0.05) is 26.0 Å². The minimum atomic E-state index is -1.29. The first-order chi connectivity index (χ1) is 16.5. The molecule has 1 amide bonds. The van der Waals surface area contributed by atoms with Crippen molar-refractivity contribution in [2.24, 2.45) is 5.92 Å². The lowest BCUT2D eigenvalue weighted by atomic mass is 9.89. The minimum absolute atomic E-state index is 0.0314. The van der Waals surface area contributed by atoms with Gasteiger partial charge in [0.25, 0.3) is 0 Å². The minimum Gasteiger partial charge on any atom is -0.460 e. The third-order valence-corrected chi connectivity index (χ3v) is 5.19. The van der Waals surface area contributed by atoms with E-state index in [0.717, 1.165) is 0 Å². The Morgan fingerprint density at radius 2 is 1.63 bits per heavy atom. The average Bonchev–Trinajstić information content (AvgIpc) is 2.76. The van der Waals surface area contributed by atoms with Crippen molar-refractivity contribution in [3.63, 3.8) is 0 Å². The van der Waals surface area contributed by atoms with Gasteiger partial charge < -0.3 is 29.0 Å². The van der Waals surface area contributed by atoms with Crippen LogP contribution in [0.5, 0.6) is 5.75 Å². The maximum atomic E-state index is 12.7. The van der Waals surface area contributed by atoms with Gasteiger partial charge in [0.2, 0.25) is 12.2 Å². The number of ether oxygens (including phenoxy) is 5. The predicted molar refractivity (Wildman–Crippen MR) is 120 cm³/mol. The van der Waals surface area contributed by atoms with Crippen LogP contribution in [0.1, 0.15) is 57.8 Å². The molecule has 35 heavy (non-hydrogen) atoms. The lowest BCUT2D eigenvalue weighted by Crippen LogP contribution is -2.63. The average molecular weight is 494 g/mol. The molecule has 1 aliphatic rings. The molecule has 11 heteroatoms. The zero-order valence-corrected chi connectivity index (χ0v) is 20.4. The van der Waals surface area contributed by atoms with E-state index in [1.165, 1.54) is 32.9 Å². The maximum absolute atomic E-state index is 12.7. The van der Waals surface area contributed by atoms with Gasteiger partial charge >= 0.3 is 23.9 Å². The first kappa shape index (κ1) is 27.8. The Kier molecular flexibility index (Phi) is 10.2. The van der Waals surface area contributed by atoms with Gasteiger partial charge in [0.15, 0.2) is 0 Å². The van der Waals surface area contributed by atoms with Crippen LogP contribution in [-0.4, -0.2) is 60.9 Å². The van der Waals surface area contributed by atoms with Crippen LogP contribution in [0.3, 0.4) is 0 Å². The summed E-state index contributed by atoms with van der Waals surface area (Å²) in [4.78, 5) is 59.8. The van der Waals surface area contributed by atoms with Gasteiger partial charge in [0.1, 0.15) is 36.2 Å². The Bertz CT molecular complexity index is 946. The largest absolute Gasteiger partial charge is 0.460 e. The molecular formula is C24H31NO10. The highest BCUT2D eigenvalue weighted by atomic mass is 16.7. The van der Waals surface area contributed by atoms with E-state index >= 15 is 0 Å². The Hall–Kier alpha value is -3.47. The van der Waals surface area contributed by atoms with Crippen LogP contribution < -0.4 is 10.1 Å². The summed E-state index contributed by atoms with van der Waals surface area (Å²) in [7, 11) is 0. The van der Waals surface area contributed by atoms with Gasteiger partial charge in [-0.25, -0.2) is 4.79 Å². The molecule has 11 nitrogen and oxygen atoms in total. The van der Waals surface area contributed by atoms with E-state index in [9.17, 15) is 24.0 Å². The van der Waals surface area contributed by atoms with Crippen molar-refractivity contribution in [1.82, 2.24) is 5.32 Å². The number of para-hydroxylation sites is 1. The van der Waals surface area contributed by atoms with Gasteiger partial charge in [-0.3, -0.25) is 19.2 Å². The van der Waals surface area contributed by atoms with Crippen LogP contribution >= 0.6 is 0 Å². The second-order valence-corrected chi connectivity index (χ2v) is 8.12. The van der Waals surface area contributed by atoms with E-state index < -0.39 is 54.3 Å². The van der Waals surface area contributed by atoms with E-state index in [1.54, 1.807) is 19.1 Å². The molecule has 0 bridgehead atoms. The van der Waals surface area contributed by atoms with Crippen LogP contribution in [-0.2, 0) is 38.1 Å². The molecule has 1 N–H and O–H groups in total. The first-order valence-corrected chi connectivity index (χ1v) is 11.3. The number of carbonyl (C=O) groups excluding carboxylic acids is 5. The molecule has 192 valence electrons. The highest BCUT2D eigenvalue weighted by Gasteiger charge is 2.48. The lowest BCUT2D eigenvalue weighted by molar-refractivity contribution is -0.251. The van der Waals surface area contributed by atoms with E-state index in [0.29, 0.717) is 6.42 Å². The van der Waals surface area contributed by atoms with Crippen LogP contribution in [0.15, 0.2) is 24.3 Å². The van der Waals surface area contributed by atoms with Gasteiger partial charge in [-0.05, 0) is 18.6 Å². The Balaban J connectivity index is 2.24. The van der Waals surface area contributed by atoms with Gasteiger partial charge in [0.05, 0.1) is 0 Å². The second-order valence-electron chi connectivity index (χ2n) is 8.12. The lowest BCUT2D eigenvalue weighted by Gasteiger charge is -2.44. The number of amides is 1. The number of carbonyl (C=O) groups is 5. The van der Waals surface area contributed by atoms with Crippen LogP contribution in [0.25, 0.3) is 0 Å². The number of rotatable bonds is 9. The van der Waals surface area contributed by atoms with Crippen LogP contribution in [0.2, 0.25) is 0 Å². The quantitative estimate of drug-likeness (QED) is 0.308. The second kappa shape index (κ2) is 12.8. The molecule has 0 aliphatic carbocycles. The molecule has 1 saturated heterocycles. The molecule has 1 aliphatic heterocycles. The molecule has 1 heterocycles. The van der Waals surface area contributed by atoms with E-state index in [4.69, 9.17) is 23.7 Å². The van der Waals surface area contributed by atoms with Crippen molar-refractivity contribution in [2.45, 2.75) is 72.0 Å². The van der Waals surface area contributed by atoms with Crippen LogP contribution in [0, 0.1) is 5.92 Å². The molecule has 0 aromatic heterocycles. The van der Waals surface area contributed by atoms with Crippen molar-refractivity contribution in [3.8, 4) is 5.75 Å². The maximum Gasteiger partial charge on any atom is 0.342 e. The van der Waals surface area contributed by atoms with E-state index in [-0.39, 0.29) is 30.2 Å². The molecule has 0 unspecified atom stereocenters. The predicted octanol–water partition coefficient (Wildman–Crippen LogP) is 1.91. The van der Waals surface area contributed by atoms with Crippen molar-refractivity contribution >= 4 is 29.8 Å². The molecule has 0 radical (unpaired) electrons. The summed E-state index contributed by atoms with van der Waals surface area (Å²) >= 11 is 0. The SMILES string of the molecule is CCCC(=O)N[C@H]1[C@@H](OC(C)=O)O[C@H](COC(=O)c2ccccc2OC(C)=O)[C@@H](C)[C@@H]1OC(C)=O. The summed E-state index contributed by atoms with van der Waals surface area (Å²) in [5, 5.41) is 2.72. The van der Waals surface area contributed by atoms with Crippen molar-refractivity contribution in [2.75, 3.05) is 6.61 Å². The first-order valence-electron chi connectivity index (χ1n) is 11.3. The smallest absolute Gasteiger partial charge is 0.342 e. The summed E-state index contributed by atoms with van der Waals surface area (Å²) in [6.45, 7) is 6.83. The van der Waals surface area contributed by atoms with Crippen molar-refractivity contribution in [3.05, 3.63) is 29.8 Å². The molecule has 0 spiro atoms. The Morgan fingerprint density at radius 1 is 0.971 bits per heavy atom. The van der Waals surface area contributed by atoms with Gasteiger partial charge in [0, 0.05) is 33.1 Å². The molecule has 0 saturated carbocycles. The van der Waals surface area contributed by atoms with Crippen molar-refractivity contribution < 1.29 is 47.7 Å². The highest BCUT2D eigenvalue weighted by Crippen LogP contribution is 2.30. The number of hydrogen-bond acceptors (Lipinski definition) is 10. The molecule has 5 atom stereocenters. The summed E-state index contributed by atoms with van der Waals surface area (Å²) in [5.74, 6) is -3.50. The molecule has 1 fully saturated rings. The fourth-order valence-corrected chi connectivity index (χ4v) is 3.65. The summed E-state index contributed by atoms with van der Waals surface area (Å²) in [6.07, 6.45) is -2.27. The molecule has 1 aromatic carbocycles. The topological polar surface area (TPSA) is 144 Å². The number of esters is 4. The summed E-state index contributed by atoms with van der Waals surface area (Å²) in [5.41, 5.74) is 0.0314. The zero-order chi connectivity index (χ0) is 26.1. The zero-order valence-electron chi connectivity index (χ0n) is 20.4. The Labute approximate surface area is 203 Å². The Morgan fingerprint density at radius 3 is 2.23 bits per heavy atom. The molecular weight excluding hydrogens is 462 g/mol. The number of hydrogen-bond donors (Lipinski definition) is 1. The number of nitrogens with one attached hydrogen (secondary N) is 1. The van der Waals surface area contributed by atoms with E-state index in [1.807, 2.05) is 6.92 Å². The van der Waals surface area contributed by atoms with Gasteiger partial charge in [-0.2, -0.15) is 0 Å².